The minimum Gasteiger partial charge on any atom is -0.437 e. The van der Waals surface area contributed by atoms with Gasteiger partial charge in [0.25, 0.3) is 11.8 Å². The molecule has 0 spiro atoms. The summed E-state index contributed by atoms with van der Waals surface area (Å²) >= 11 is 0. The molecule has 1 saturated heterocycles. The van der Waals surface area contributed by atoms with Gasteiger partial charge in [-0.25, -0.2) is 23.4 Å². The van der Waals surface area contributed by atoms with E-state index in [-0.39, 0.29) is 23.8 Å². The molecule has 0 aliphatic carbocycles. The molecule has 136 valence electrons. The topological polar surface area (TPSA) is 90.9 Å². The zero-order valence-corrected chi connectivity index (χ0v) is 14.1. The Morgan fingerprint density at radius 3 is 2.96 bits per heavy atom. The molecule has 3 N–H and O–H groups in total. The Labute approximate surface area is 148 Å². The molecule has 9 heteroatoms. The summed E-state index contributed by atoms with van der Waals surface area (Å²) in [6, 6.07) is 6.22. The van der Waals surface area contributed by atoms with Gasteiger partial charge in [-0.1, -0.05) is 12.1 Å². The molecule has 7 nitrogen and oxygen atoms in total. The van der Waals surface area contributed by atoms with Crippen LogP contribution in [0, 0.1) is 6.92 Å². The van der Waals surface area contributed by atoms with Crippen LogP contribution in [0.5, 0.6) is 11.6 Å². The Morgan fingerprint density at radius 2 is 2.19 bits per heavy atom. The summed E-state index contributed by atoms with van der Waals surface area (Å²) in [6.07, 6.45) is 1.46. The van der Waals surface area contributed by atoms with Crippen molar-refractivity contribution in [3.05, 3.63) is 36.2 Å². The molecule has 1 fully saturated rings. The van der Waals surface area contributed by atoms with Crippen molar-refractivity contribution >= 4 is 16.9 Å². The van der Waals surface area contributed by atoms with Crippen molar-refractivity contribution < 1.29 is 13.5 Å². The Kier molecular flexibility index (Phi) is 3.95. The fourth-order valence-corrected chi connectivity index (χ4v) is 3.17. The smallest absolute Gasteiger partial charge is 0.282 e. The van der Waals surface area contributed by atoms with Gasteiger partial charge in [-0.2, -0.15) is 0 Å². The standard InChI is InChI=1S/C17H18F2N6O/c1-10-3-2-4-11(7-10)26-16-13-14(20)22-9-23-15(13)25(24-16)12-5-6-21-8-17(12,18)19/h2-4,7,9,12,21H,5-6,8H2,1H3,(H2,20,22,23). The first-order chi connectivity index (χ1) is 12.5. The summed E-state index contributed by atoms with van der Waals surface area (Å²) in [6.45, 7) is 1.99. The summed E-state index contributed by atoms with van der Waals surface area (Å²) in [5.41, 5.74) is 7.21. The maximum absolute atomic E-state index is 14.4. The molecule has 0 saturated carbocycles. The monoisotopic (exact) mass is 360 g/mol. The number of nitrogens with two attached hydrogens (primary N) is 1. The van der Waals surface area contributed by atoms with Gasteiger partial charge in [0.05, 0.1) is 6.54 Å². The normalized spacial score (nSPS) is 19.6. The summed E-state index contributed by atoms with van der Waals surface area (Å²) in [5, 5.41) is 7.34. The third-order valence-electron chi connectivity index (χ3n) is 4.43. The van der Waals surface area contributed by atoms with Crippen LogP contribution in [0.15, 0.2) is 30.6 Å². The number of hydrogen-bond acceptors (Lipinski definition) is 6. The van der Waals surface area contributed by atoms with Crippen molar-refractivity contribution in [2.75, 3.05) is 18.8 Å². The van der Waals surface area contributed by atoms with Gasteiger partial charge in [-0.05, 0) is 37.6 Å². The SMILES string of the molecule is Cc1cccc(Oc2nn(C3CCNCC3(F)F)c3ncnc(N)c23)c1. The van der Waals surface area contributed by atoms with Crippen LogP contribution in [-0.4, -0.2) is 38.8 Å². The Hall–Kier alpha value is -2.81. The summed E-state index contributed by atoms with van der Waals surface area (Å²) in [7, 11) is 0. The van der Waals surface area contributed by atoms with Gasteiger partial charge in [0.1, 0.15) is 29.3 Å². The average Bonchev–Trinajstić information content (AvgIpc) is 2.94. The third kappa shape index (κ3) is 2.84. The number of aryl methyl sites for hydroxylation is 1. The number of nitrogens with zero attached hydrogens (tertiary/aromatic N) is 4. The lowest BCUT2D eigenvalue weighted by Crippen LogP contribution is -2.47. The zero-order chi connectivity index (χ0) is 18.3. The van der Waals surface area contributed by atoms with Crippen molar-refractivity contribution in [1.82, 2.24) is 25.1 Å². The van der Waals surface area contributed by atoms with Gasteiger partial charge in [0, 0.05) is 0 Å². The Bertz CT molecular complexity index is 958. The van der Waals surface area contributed by atoms with Crippen LogP contribution in [-0.2, 0) is 0 Å². The lowest BCUT2D eigenvalue weighted by atomic mass is 10.0. The van der Waals surface area contributed by atoms with Gasteiger partial charge in [-0.3, -0.25) is 0 Å². The van der Waals surface area contributed by atoms with Crippen molar-refractivity contribution in [2.45, 2.75) is 25.3 Å². The number of rotatable bonds is 3. The summed E-state index contributed by atoms with van der Waals surface area (Å²) in [4.78, 5) is 8.09. The highest BCUT2D eigenvalue weighted by Crippen LogP contribution is 2.39. The summed E-state index contributed by atoms with van der Waals surface area (Å²) < 4.78 is 35.9. The fourth-order valence-electron chi connectivity index (χ4n) is 3.17. The number of piperidine rings is 1. The quantitative estimate of drug-likeness (QED) is 0.746. The predicted octanol–water partition coefficient (Wildman–Crippen LogP) is 2.68. The number of aromatic nitrogens is 4. The average molecular weight is 360 g/mol. The van der Waals surface area contributed by atoms with E-state index in [0.29, 0.717) is 17.7 Å². The summed E-state index contributed by atoms with van der Waals surface area (Å²) in [5.74, 6) is -2.16. The number of nitrogens with one attached hydrogen (secondary N) is 1. The van der Waals surface area contributed by atoms with Crippen LogP contribution in [0.2, 0.25) is 0 Å². The minimum absolute atomic E-state index is 0.123. The van der Waals surface area contributed by atoms with E-state index in [1.165, 1.54) is 11.0 Å². The van der Waals surface area contributed by atoms with E-state index < -0.39 is 18.5 Å². The first kappa shape index (κ1) is 16.6. The predicted molar refractivity (Wildman–Crippen MR) is 92.5 cm³/mol. The second kappa shape index (κ2) is 6.17. The fraction of sp³-hybridized carbons (Fsp3) is 0.353. The molecule has 0 amide bonds. The Morgan fingerprint density at radius 1 is 1.35 bits per heavy atom. The van der Waals surface area contributed by atoms with Crippen LogP contribution in [0.1, 0.15) is 18.0 Å². The molecule has 1 atom stereocenters. The van der Waals surface area contributed by atoms with E-state index in [2.05, 4.69) is 20.4 Å². The van der Waals surface area contributed by atoms with E-state index in [0.717, 1.165) is 5.56 Å². The second-order valence-corrected chi connectivity index (χ2v) is 6.37. The van der Waals surface area contributed by atoms with E-state index in [9.17, 15) is 8.78 Å². The van der Waals surface area contributed by atoms with Gasteiger partial charge < -0.3 is 15.8 Å². The molecule has 1 unspecified atom stereocenters. The van der Waals surface area contributed by atoms with E-state index >= 15 is 0 Å². The van der Waals surface area contributed by atoms with E-state index in [1.807, 2.05) is 25.1 Å². The Balaban J connectivity index is 1.84. The van der Waals surface area contributed by atoms with E-state index in [1.54, 1.807) is 6.07 Å². The molecule has 0 bridgehead atoms. The van der Waals surface area contributed by atoms with E-state index in [4.69, 9.17) is 10.5 Å². The van der Waals surface area contributed by atoms with Crippen LogP contribution in [0.4, 0.5) is 14.6 Å². The van der Waals surface area contributed by atoms with Gasteiger partial charge in [0.15, 0.2) is 5.65 Å². The minimum atomic E-state index is -2.96. The van der Waals surface area contributed by atoms with Gasteiger partial charge in [0.2, 0.25) is 0 Å². The van der Waals surface area contributed by atoms with Crippen LogP contribution < -0.4 is 15.8 Å². The maximum Gasteiger partial charge on any atom is 0.282 e. The molecule has 1 aromatic carbocycles. The van der Waals surface area contributed by atoms with Gasteiger partial charge in [-0.15, -0.1) is 5.10 Å². The lowest BCUT2D eigenvalue weighted by Gasteiger charge is -2.31. The van der Waals surface area contributed by atoms with Crippen molar-refractivity contribution in [1.29, 1.82) is 0 Å². The van der Waals surface area contributed by atoms with Crippen LogP contribution in [0.25, 0.3) is 11.0 Å². The number of benzene rings is 1. The first-order valence-electron chi connectivity index (χ1n) is 8.27. The molecule has 3 aromatic rings. The molecule has 0 radical (unpaired) electrons. The number of alkyl halides is 2. The largest absolute Gasteiger partial charge is 0.437 e. The number of hydrogen-bond donors (Lipinski definition) is 2. The van der Waals surface area contributed by atoms with Crippen molar-refractivity contribution in [2.24, 2.45) is 0 Å². The highest BCUT2D eigenvalue weighted by Gasteiger charge is 2.44. The number of fused-ring (bicyclic) bond motifs is 1. The highest BCUT2D eigenvalue weighted by atomic mass is 19.3. The number of nitrogen functional groups attached to an aromatic ring is 1. The van der Waals surface area contributed by atoms with Gasteiger partial charge >= 0.3 is 0 Å². The second-order valence-electron chi connectivity index (χ2n) is 6.37. The van der Waals surface area contributed by atoms with Crippen LogP contribution >= 0.6 is 0 Å². The first-order valence-corrected chi connectivity index (χ1v) is 8.27. The van der Waals surface area contributed by atoms with Crippen molar-refractivity contribution in [3.8, 4) is 11.6 Å². The maximum atomic E-state index is 14.4. The molecular formula is C17H18F2N6O. The number of ether oxygens (including phenoxy) is 1. The lowest BCUT2D eigenvalue weighted by molar-refractivity contribution is -0.0686. The molecular weight excluding hydrogens is 342 g/mol. The number of anilines is 1. The third-order valence-corrected chi connectivity index (χ3v) is 4.43. The molecule has 26 heavy (non-hydrogen) atoms. The number of halogens is 2. The van der Waals surface area contributed by atoms with Crippen LogP contribution in [0.3, 0.4) is 0 Å². The zero-order valence-electron chi connectivity index (χ0n) is 14.1. The molecule has 1 aliphatic heterocycles. The molecule has 3 heterocycles. The van der Waals surface area contributed by atoms with Crippen molar-refractivity contribution in [3.63, 3.8) is 0 Å². The molecule has 1 aliphatic rings. The molecule has 2 aromatic heterocycles. The molecule has 4 rings (SSSR count). The highest BCUT2D eigenvalue weighted by molar-refractivity contribution is 5.90.